The van der Waals surface area contributed by atoms with E-state index >= 15 is 0 Å². The third-order valence-electron chi connectivity index (χ3n) is 6.63. The number of carbonyl (C=O) groups is 1. The van der Waals surface area contributed by atoms with E-state index in [0.717, 1.165) is 40.6 Å². The van der Waals surface area contributed by atoms with E-state index in [0.29, 0.717) is 23.7 Å². The number of hydrogen-bond acceptors (Lipinski definition) is 3. The lowest BCUT2D eigenvalue weighted by Gasteiger charge is -2.30. The fourth-order valence-corrected chi connectivity index (χ4v) is 5.37. The van der Waals surface area contributed by atoms with Crippen molar-refractivity contribution in [3.63, 3.8) is 0 Å². The first kappa shape index (κ1) is 22.7. The number of piperidine rings is 1. The Balaban J connectivity index is 1.45. The van der Waals surface area contributed by atoms with Crippen molar-refractivity contribution >= 4 is 40.3 Å². The van der Waals surface area contributed by atoms with Gasteiger partial charge in [-0.3, -0.25) is 4.68 Å². The monoisotopic (exact) mass is 500 g/mol. The van der Waals surface area contributed by atoms with Crippen LogP contribution in [0.2, 0.25) is 10.0 Å². The van der Waals surface area contributed by atoms with Crippen LogP contribution in [0.1, 0.15) is 42.9 Å². The van der Waals surface area contributed by atoms with E-state index in [1.165, 1.54) is 12.1 Å². The Morgan fingerprint density at radius 1 is 1.24 bits per heavy atom. The molecule has 1 atom stereocenters. The summed E-state index contributed by atoms with van der Waals surface area (Å²) in [6, 6.07) is 4.67. The Bertz CT molecular complexity index is 1380. The van der Waals surface area contributed by atoms with Crippen LogP contribution in [-0.4, -0.2) is 43.8 Å². The summed E-state index contributed by atoms with van der Waals surface area (Å²) in [5.74, 6) is -0.750. The summed E-state index contributed by atoms with van der Waals surface area (Å²) in [7, 11) is 0. The van der Waals surface area contributed by atoms with E-state index in [9.17, 15) is 9.18 Å². The van der Waals surface area contributed by atoms with Gasteiger partial charge >= 0.3 is 6.03 Å². The van der Waals surface area contributed by atoms with Gasteiger partial charge in [0.1, 0.15) is 11.5 Å². The molecular weight excluding hydrogens is 478 g/mol. The second-order valence-corrected chi connectivity index (χ2v) is 9.39. The van der Waals surface area contributed by atoms with Gasteiger partial charge in [0.05, 0.1) is 17.3 Å². The number of primary amides is 1. The normalized spacial score (nSPS) is 15.7. The van der Waals surface area contributed by atoms with E-state index < -0.39 is 5.82 Å². The van der Waals surface area contributed by atoms with Crippen LogP contribution in [0.3, 0.4) is 0 Å². The molecule has 0 unspecified atom stereocenters. The van der Waals surface area contributed by atoms with Crippen LogP contribution in [0.5, 0.6) is 0 Å². The minimum absolute atomic E-state index is 0.0297. The van der Waals surface area contributed by atoms with Crippen LogP contribution < -0.4 is 5.73 Å². The third kappa shape index (κ3) is 4.01. The number of nitrogens with two attached hydrogens (primary N) is 1. The van der Waals surface area contributed by atoms with Crippen LogP contribution in [0.15, 0.2) is 43.0 Å². The SMILES string of the molecule is C[C@H](c1c(Cl)ccc(F)c1Cl)c1c[nH]c2ncc(-c3cnn(C4CCN(C(N)=O)CC4)c3)cc12. The molecule has 3 aromatic heterocycles. The van der Waals surface area contributed by atoms with Crippen molar-refractivity contribution < 1.29 is 9.18 Å². The van der Waals surface area contributed by atoms with Crippen LogP contribution in [0, 0.1) is 5.82 Å². The first-order chi connectivity index (χ1) is 16.3. The molecule has 2 amide bonds. The van der Waals surface area contributed by atoms with Crippen molar-refractivity contribution in [2.75, 3.05) is 13.1 Å². The predicted octanol–water partition coefficient (Wildman–Crippen LogP) is 5.74. The highest BCUT2D eigenvalue weighted by Crippen LogP contribution is 2.39. The molecule has 0 saturated carbocycles. The maximum absolute atomic E-state index is 14.1. The van der Waals surface area contributed by atoms with Gasteiger partial charge in [0.25, 0.3) is 0 Å². The largest absolute Gasteiger partial charge is 0.351 e. The lowest BCUT2D eigenvalue weighted by atomic mass is 9.92. The minimum Gasteiger partial charge on any atom is -0.351 e. The van der Waals surface area contributed by atoms with Gasteiger partial charge in [0.2, 0.25) is 0 Å². The van der Waals surface area contributed by atoms with E-state index in [1.807, 2.05) is 36.3 Å². The molecule has 3 N–H and O–H groups in total. The Morgan fingerprint density at radius 3 is 2.74 bits per heavy atom. The maximum Gasteiger partial charge on any atom is 0.314 e. The number of halogens is 3. The molecule has 5 rings (SSSR count). The molecule has 10 heteroatoms. The number of aromatic nitrogens is 4. The summed E-state index contributed by atoms with van der Waals surface area (Å²) < 4.78 is 16.1. The molecule has 176 valence electrons. The quantitative estimate of drug-likeness (QED) is 0.350. The Kier molecular flexibility index (Phi) is 5.95. The van der Waals surface area contributed by atoms with Crippen molar-refractivity contribution in [2.45, 2.75) is 31.7 Å². The van der Waals surface area contributed by atoms with Crippen LogP contribution in [0.25, 0.3) is 22.2 Å². The Hall–Kier alpha value is -3.10. The second-order valence-electron chi connectivity index (χ2n) is 8.61. The van der Waals surface area contributed by atoms with Crippen molar-refractivity contribution in [2.24, 2.45) is 5.73 Å². The fourth-order valence-electron chi connectivity index (χ4n) is 4.67. The molecule has 1 aliphatic heterocycles. The number of benzene rings is 1. The molecule has 1 aromatic carbocycles. The summed E-state index contributed by atoms with van der Waals surface area (Å²) in [5, 5.41) is 5.92. The number of H-pyrrole nitrogens is 1. The van der Waals surface area contributed by atoms with E-state index in [-0.39, 0.29) is 23.0 Å². The van der Waals surface area contributed by atoms with Gasteiger partial charge in [-0.25, -0.2) is 14.2 Å². The lowest BCUT2D eigenvalue weighted by Crippen LogP contribution is -2.42. The molecule has 7 nitrogen and oxygen atoms in total. The van der Waals surface area contributed by atoms with Crippen molar-refractivity contribution in [3.05, 3.63) is 70.0 Å². The molecule has 1 aliphatic rings. The number of aromatic amines is 1. The zero-order valence-electron chi connectivity index (χ0n) is 18.4. The number of nitrogens with one attached hydrogen (secondary N) is 1. The van der Waals surface area contributed by atoms with Crippen molar-refractivity contribution in [1.82, 2.24) is 24.6 Å². The number of hydrogen-bond donors (Lipinski definition) is 2. The highest BCUT2D eigenvalue weighted by molar-refractivity contribution is 6.36. The highest BCUT2D eigenvalue weighted by Gasteiger charge is 2.24. The zero-order valence-corrected chi connectivity index (χ0v) is 19.9. The summed E-state index contributed by atoms with van der Waals surface area (Å²) in [5.41, 5.74) is 9.43. The van der Waals surface area contributed by atoms with Crippen LogP contribution in [0.4, 0.5) is 9.18 Å². The molecule has 4 heterocycles. The number of urea groups is 1. The molecule has 0 spiro atoms. The summed E-state index contributed by atoms with van der Waals surface area (Å²) in [4.78, 5) is 20.8. The second kappa shape index (κ2) is 8.92. The summed E-state index contributed by atoms with van der Waals surface area (Å²) in [6.45, 7) is 3.19. The maximum atomic E-state index is 14.1. The Morgan fingerprint density at radius 2 is 2.00 bits per heavy atom. The van der Waals surface area contributed by atoms with Crippen LogP contribution >= 0.6 is 23.2 Å². The van der Waals surface area contributed by atoms with E-state index in [2.05, 4.69) is 15.1 Å². The summed E-state index contributed by atoms with van der Waals surface area (Å²) >= 11 is 12.6. The lowest BCUT2D eigenvalue weighted by molar-refractivity contribution is 0.177. The van der Waals surface area contributed by atoms with Gasteiger partial charge < -0.3 is 15.6 Å². The highest BCUT2D eigenvalue weighted by atomic mass is 35.5. The van der Waals surface area contributed by atoms with Gasteiger partial charge in [-0.2, -0.15) is 5.10 Å². The van der Waals surface area contributed by atoms with Gasteiger partial charge in [-0.15, -0.1) is 0 Å². The molecule has 34 heavy (non-hydrogen) atoms. The molecular formula is C24H23Cl2FN6O. The van der Waals surface area contributed by atoms with E-state index in [4.69, 9.17) is 28.9 Å². The van der Waals surface area contributed by atoms with Gasteiger partial charge in [0.15, 0.2) is 0 Å². The Labute approximate surface area is 205 Å². The molecule has 0 aliphatic carbocycles. The number of amides is 2. The zero-order chi connectivity index (χ0) is 24.0. The predicted molar refractivity (Wildman–Crippen MR) is 131 cm³/mol. The van der Waals surface area contributed by atoms with E-state index in [1.54, 1.807) is 11.1 Å². The third-order valence-corrected chi connectivity index (χ3v) is 7.34. The minimum atomic E-state index is -0.499. The van der Waals surface area contributed by atoms with Crippen molar-refractivity contribution in [1.29, 1.82) is 0 Å². The van der Waals surface area contributed by atoms with Gasteiger partial charge in [0, 0.05) is 59.1 Å². The number of likely N-dealkylation sites (tertiary alicyclic amines) is 1. The first-order valence-corrected chi connectivity index (χ1v) is 11.8. The average Bonchev–Trinajstić information content (AvgIpc) is 3.49. The molecule has 1 fully saturated rings. The number of pyridine rings is 1. The number of rotatable bonds is 4. The average molecular weight is 501 g/mol. The summed E-state index contributed by atoms with van der Waals surface area (Å²) in [6.07, 6.45) is 9.08. The number of nitrogens with zero attached hydrogens (tertiary/aromatic N) is 4. The number of carbonyl (C=O) groups excluding carboxylic acids is 1. The van der Waals surface area contributed by atoms with Gasteiger partial charge in [-0.05, 0) is 42.2 Å². The standard InChI is InChI=1S/C24H23Cl2FN6O/c1-13(21-19(25)2-3-20(27)22(21)26)18-11-30-23-17(18)8-14(9-29-23)15-10-31-33(12-15)16-4-6-32(7-5-16)24(28)34/h2-3,8-13,16H,4-7H2,1H3,(H2,28,34)(H,29,30)/t13-/m0/s1. The van der Waals surface area contributed by atoms with Crippen LogP contribution in [-0.2, 0) is 0 Å². The topological polar surface area (TPSA) is 92.8 Å². The van der Waals surface area contributed by atoms with Crippen molar-refractivity contribution in [3.8, 4) is 11.1 Å². The molecule has 4 aromatic rings. The smallest absolute Gasteiger partial charge is 0.314 e. The molecule has 1 saturated heterocycles. The fraction of sp³-hybridized carbons (Fsp3) is 0.292. The number of fused-ring (bicyclic) bond motifs is 1. The molecule has 0 bridgehead atoms. The molecule has 0 radical (unpaired) electrons. The van der Waals surface area contributed by atoms with Gasteiger partial charge in [-0.1, -0.05) is 30.1 Å². The first-order valence-electron chi connectivity index (χ1n) is 11.0.